The third kappa shape index (κ3) is 11.8. The first-order valence-corrected chi connectivity index (χ1v) is 25.5. The fraction of sp³-hybridized carbons (Fsp3) is 0.333. The molecule has 0 unspecified atom stereocenters. The number of fused-ring (bicyclic) bond motifs is 2. The van der Waals surface area contributed by atoms with Crippen LogP contribution >= 0.6 is 55.1 Å². The van der Waals surface area contributed by atoms with Gasteiger partial charge in [-0.05, 0) is 118 Å². The number of aromatic hydroxyl groups is 1. The van der Waals surface area contributed by atoms with Crippen LogP contribution in [0.2, 0.25) is 10.0 Å². The maximum Gasteiger partial charge on any atom is 0.243 e. The second kappa shape index (κ2) is 21.1. The molecule has 0 bridgehead atoms. The predicted octanol–water partition coefficient (Wildman–Crippen LogP) is 13.0. The van der Waals surface area contributed by atoms with Crippen molar-refractivity contribution in [3.8, 4) is 22.6 Å². The molecule has 6 aromatic rings. The van der Waals surface area contributed by atoms with Crippen LogP contribution in [0.25, 0.3) is 11.1 Å². The first-order chi connectivity index (χ1) is 28.3. The average Bonchev–Trinajstić information content (AvgIpc) is 3.82. The van der Waals surface area contributed by atoms with Crippen LogP contribution < -0.4 is 14.3 Å². The van der Waals surface area contributed by atoms with E-state index in [1.54, 1.807) is 0 Å². The Morgan fingerprint density at radius 3 is 2.02 bits per heavy atom. The Hall–Kier alpha value is -3.13. The number of phenols is 1. The first-order valence-electron chi connectivity index (χ1n) is 20.1. The molecule has 310 valence electrons. The zero-order valence-electron chi connectivity index (χ0n) is 34.4. The van der Waals surface area contributed by atoms with Gasteiger partial charge in [0.05, 0.1) is 16.0 Å². The molecule has 0 aliphatic heterocycles. The summed E-state index contributed by atoms with van der Waals surface area (Å²) in [5.74, 6) is 1.21. The zero-order valence-corrected chi connectivity index (χ0v) is 42.0. The SMILES string of the molecule is CC(C)([CH]=[W]=[N]c1c(Cl)cccc1Cl)c1ccccc1.C[n+]1ccn(CCOc2c(Br)cc3c(c2-c2c(O)c(Br)cc4c2CCCC4)CCCC3)c1.Cc1ccc(C)[n-]1. The number of aromatic nitrogens is 3. The zero-order chi connectivity index (χ0) is 42.1. The molecule has 4 aromatic carbocycles. The third-order valence-electron chi connectivity index (χ3n) is 10.7. The number of rotatable bonds is 8. The number of imidazole rings is 1. The van der Waals surface area contributed by atoms with Crippen LogP contribution in [-0.2, 0) is 62.6 Å². The van der Waals surface area contributed by atoms with Gasteiger partial charge in [0.2, 0.25) is 6.33 Å². The van der Waals surface area contributed by atoms with Gasteiger partial charge in [-0.3, -0.25) is 0 Å². The van der Waals surface area contributed by atoms with E-state index in [-0.39, 0.29) is 5.41 Å². The monoisotopic (exact) mass is 1130 g/mol. The van der Waals surface area contributed by atoms with Crippen molar-refractivity contribution in [3.63, 3.8) is 0 Å². The van der Waals surface area contributed by atoms with Gasteiger partial charge in [-0.2, -0.15) is 11.4 Å². The summed E-state index contributed by atoms with van der Waals surface area (Å²) in [7, 11) is 2.02. The quantitative estimate of drug-likeness (QED) is 0.155. The first kappa shape index (κ1) is 45.4. The summed E-state index contributed by atoms with van der Waals surface area (Å²) in [5, 5.41) is 12.6. The second-order valence-corrected chi connectivity index (χ2v) is 20.5. The molecule has 2 heterocycles. The Labute approximate surface area is 384 Å². The van der Waals surface area contributed by atoms with E-state index in [1.165, 1.54) is 47.1 Å². The van der Waals surface area contributed by atoms with Crippen LogP contribution in [0.15, 0.2) is 104 Å². The molecule has 1 N–H and O–H groups in total. The minimum absolute atomic E-state index is 0.0309. The van der Waals surface area contributed by atoms with E-state index < -0.39 is 17.9 Å². The third-order valence-corrected chi connectivity index (χ3v) is 16.0. The van der Waals surface area contributed by atoms with Gasteiger partial charge in [-0.25, -0.2) is 9.13 Å². The number of hydrogen-bond acceptors (Lipinski definition) is 3. The fourth-order valence-corrected chi connectivity index (χ4v) is 12.2. The van der Waals surface area contributed by atoms with E-state index in [1.807, 2.05) is 68.1 Å². The number of benzene rings is 4. The molecule has 0 radical (unpaired) electrons. The van der Waals surface area contributed by atoms with Gasteiger partial charge in [0.1, 0.15) is 37.0 Å². The summed E-state index contributed by atoms with van der Waals surface area (Å²) in [4.78, 5) is 4.11. The van der Waals surface area contributed by atoms with Crippen molar-refractivity contribution in [2.45, 2.75) is 91.0 Å². The van der Waals surface area contributed by atoms with E-state index in [0.717, 1.165) is 81.5 Å². The summed E-state index contributed by atoms with van der Waals surface area (Å²) >= 11 is 18.7. The fourth-order valence-electron chi connectivity index (χ4n) is 7.58. The van der Waals surface area contributed by atoms with E-state index in [9.17, 15) is 5.11 Å². The molecule has 2 aromatic heterocycles. The summed E-state index contributed by atoms with van der Waals surface area (Å²) in [6, 6.07) is 24.3. The molecule has 8 rings (SSSR count). The van der Waals surface area contributed by atoms with Gasteiger partial charge in [-0.15, -0.1) is 0 Å². The molecular formula is C48H52Br2Cl2N4O2W. The number of nitrogens with zero attached hydrogens (tertiary/aromatic N) is 4. The molecule has 0 spiro atoms. The van der Waals surface area contributed by atoms with Crippen LogP contribution in [0.5, 0.6) is 11.5 Å². The standard InChI is InChI=1S/C26H28Br2N2O2.C10H12.C6H3Cl2N.C6H8N.W/c1-29-10-11-30(16-29)12-13-32-26-22(28)15-18-7-3-5-9-20(18)24(26)23-19-8-4-2-6-17(19)14-21(27)25(23)31;1-10(2,3)9-7-5-4-6-8-9;7-4-2-1-3-5(8)6(4)9;1-5-3-4-6(2)7-5;/h10-11,14-16H,2-9,12-13H2,1H3;1,4-8H,2-3H3;1-3H;3-4H,1-2H3;/q;;;-1;/p+1. The van der Waals surface area contributed by atoms with Crippen molar-refractivity contribution < 1.29 is 32.3 Å². The molecule has 2 aliphatic rings. The maximum absolute atomic E-state index is 11.3. The Morgan fingerprint density at radius 2 is 1.44 bits per heavy atom. The van der Waals surface area contributed by atoms with E-state index in [2.05, 4.69) is 112 Å². The number of phenolic OH excluding ortho intramolecular Hbond substituents is 1. The Balaban J connectivity index is 0.000000183. The van der Waals surface area contributed by atoms with Crippen molar-refractivity contribution >= 4 is 65.1 Å². The van der Waals surface area contributed by atoms with Gasteiger partial charge < -0.3 is 14.8 Å². The second-order valence-electron chi connectivity index (χ2n) is 15.7. The van der Waals surface area contributed by atoms with Crippen molar-refractivity contribution in [2.24, 2.45) is 10.5 Å². The van der Waals surface area contributed by atoms with Gasteiger partial charge in [-0.1, -0.05) is 26.0 Å². The topological polar surface area (TPSA) is 64.7 Å². The summed E-state index contributed by atoms with van der Waals surface area (Å²) in [5.41, 5.74) is 11.8. The number of ether oxygens (including phenoxy) is 1. The Bertz CT molecular complexity index is 2420. The maximum atomic E-state index is 11.3. The largest absolute Gasteiger partial charge is 0.665 e. The summed E-state index contributed by atoms with van der Waals surface area (Å²) < 4.78 is 19.4. The van der Waals surface area contributed by atoms with E-state index in [4.69, 9.17) is 27.9 Å². The van der Waals surface area contributed by atoms with Gasteiger partial charge in [0, 0.05) is 11.1 Å². The van der Waals surface area contributed by atoms with Gasteiger partial charge in [0.25, 0.3) is 0 Å². The van der Waals surface area contributed by atoms with Crippen LogP contribution in [0, 0.1) is 13.8 Å². The molecule has 59 heavy (non-hydrogen) atoms. The predicted molar refractivity (Wildman–Crippen MR) is 247 cm³/mol. The number of aryl methyl sites for hydroxylation is 5. The molecule has 0 fully saturated rings. The smallest absolute Gasteiger partial charge is 0.243 e. The minimum atomic E-state index is -1.01. The molecule has 6 nitrogen and oxygen atoms in total. The number of hydrogen-bond donors (Lipinski definition) is 1. The van der Waals surface area contributed by atoms with E-state index >= 15 is 0 Å². The van der Waals surface area contributed by atoms with Crippen molar-refractivity contribution in [2.75, 3.05) is 6.61 Å². The molecule has 0 saturated heterocycles. The summed E-state index contributed by atoms with van der Waals surface area (Å²) in [6.45, 7) is 9.75. The van der Waals surface area contributed by atoms with Crippen LogP contribution in [-0.4, -0.2) is 20.7 Å². The molecule has 11 heteroatoms. The van der Waals surface area contributed by atoms with Crippen molar-refractivity contribution in [1.82, 2.24) is 9.55 Å². The molecule has 0 atom stereocenters. The van der Waals surface area contributed by atoms with Gasteiger partial charge >= 0.3 is 138 Å². The van der Waals surface area contributed by atoms with Crippen LogP contribution in [0.1, 0.15) is 78.7 Å². The van der Waals surface area contributed by atoms with Crippen molar-refractivity contribution in [3.05, 3.63) is 150 Å². The normalized spacial score (nSPS) is 13.2. The van der Waals surface area contributed by atoms with Crippen LogP contribution in [0.4, 0.5) is 5.69 Å². The Kier molecular flexibility index (Phi) is 16.2. The molecule has 2 aliphatic carbocycles. The molecule has 0 amide bonds. The van der Waals surface area contributed by atoms with Crippen molar-refractivity contribution in [1.29, 1.82) is 0 Å². The summed E-state index contributed by atoms with van der Waals surface area (Å²) in [6.07, 6.45) is 15.1. The van der Waals surface area contributed by atoms with E-state index in [0.29, 0.717) is 22.4 Å². The van der Waals surface area contributed by atoms with Crippen LogP contribution in [0.3, 0.4) is 0 Å². The average molecular weight is 1130 g/mol. The minimum Gasteiger partial charge on any atom is -0.665 e. The molecule has 0 saturated carbocycles. The molecular weight excluding hydrogens is 1080 g/mol. The van der Waals surface area contributed by atoms with Gasteiger partial charge in [0.15, 0.2) is 0 Å². The Morgan fingerprint density at radius 1 is 0.847 bits per heavy atom. The number of halogens is 4.